The SMILES string of the molecule is N#CCC(=O)N1CCCC(c2nccc3nnc4[nH]ccc4c23)C1. The lowest BCUT2D eigenvalue weighted by molar-refractivity contribution is -0.131. The number of aromatic nitrogens is 4. The number of amides is 1. The van der Waals surface area contributed by atoms with E-state index in [0.717, 1.165) is 40.5 Å². The molecule has 1 amide bonds. The molecule has 7 heteroatoms. The van der Waals surface area contributed by atoms with Crippen molar-refractivity contribution >= 4 is 27.8 Å². The third-order valence-electron chi connectivity index (χ3n) is 4.60. The molecule has 4 rings (SSSR count). The van der Waals surface area contributed by atoms with Crippen LogP contribution >= 0.6 is 0 Å². The molecule has 0 aromatic carbocycles. The average Bonchev–Trinajstić information content (AvgIpc) is 3.10. The first-order valence-corrected chi connectivity index (χ1v) is 8.01. The normalized spacial score (nSPS) is 18.0. The number of pyridine rings is 1. The summed E-state index contributed by atoms with van der Waals surface area (Å²) >= 11 is 0. The molecule has 1 atom stereocenters. The van der Waals surface area contributed by atoms with Crippen molar-refractivity contribution in [3.63, 3.8) is 0 Å². The van der Waals surface area contributed by atoms with Crippen molar-refractivity contribution < 1.29 is 4.79 Å². The van der Waals surface area contributed by atoms with Crippen LogP contribution in [0.1, 0.15) is 30.9 Å². The van der Waals surface area contributed by atoms with Gasteiger partial charge in [0.15, 0.2) is 5.65 Å². The van der Waals surface area contributed by atoms with Gasteiger partial charge in [-0.1, -0.05) is 0 Å². The molecule has 0 bridgehead atoms. The second-order valence-corrected chi connectivity index (χ2v) is 6.04. The van der Waals surface area contributed by atoms with Gasteiger partial charge in [0, 0.05) is 42.2 Å². The first-order valence-electron chi connectivity index (χ1n) is 8.01. The highest BCUT2D eigenvalue weighted by Gasteiger charge is 2.27. The third kappa shape index (κ3) is 2.36. The predicted molar refractivity (Wildman–Crippen MR) is 88.0 cm³/mol. The van der Waals surface area contributed by atoms with Crippen molar-refractivity contribution in [3.05, 3.63) is 30.2 Å². The van der Waals surface area contributed by atoms with Crippen LogP contribution in [0.5, 0.6) is 0 Å². The van der Waals surface area contributed by atoms with Gasteiger partial charge in [-0.3, -0.25) is 9.78 Å². The summed E-state index contributed by atoms with van der Waals surface area (Å²) in [5.41, 5.74) is 2.51. The number of nitriles is 1. The number of nitrogens with zero attached hydrogens (tertiary/aromatic N) is 5. The summed E-state index contributed by atoms with van der Waals surface area (Å²) in [7, 11) is 0. The van der Waals surface area contributed by atoms with Gasteiger partial charge in [-0.2, -0.15) is 5.26 Å². The van der Waals surface area contributed by atoms with Gasteiger partial charge in [0.25, 0.3) is 0 Å². The van der Waals surface area contributed by atoms with E-state index in [2.05, 4.69) is 20.2 Å². The number of rotatable bonds is 2. The maximum atomic E-state index is 12.1. The number of piperidine rings is 1. The highest BCUT2D eigenvalue weighted by Crippen LogP contribution is 2.33. The molecule has 0 saturated carbocycles. The van der Waals surface area contributed by atoms with Gasteiger partial charge in [-0.25, -0.2) is 0 Å². The Bertz CT molecular complexity index is 957. The summed E-state index contributed by atoms with van der Waals surface area (Å²) in [5.74, 6) is 0.0430. The van der Waals surface area contributed by atoms with Gasteiger partial charge >= 0.3 is 0 Å². The second-order valence-electron chi connectivity index (χ2n) is 6.04. The molecule has 1 aliphatic rings. The fourth-order valence-corrected chi connectivity index (χ4v) is 3.49. The largest absolute Gasteiger partial charge is 0.345 e. The number of carbonyl (C=O) groups excluding carboxylic acids is 1. The van der Waals surface area contributed by atoms with Crippen LogP contribution < -0.4 is 0 Å². The topological polar surface area (TPSA) is 98.6 Å². The first kappa shape index (κ1) is 14.6. The van der Waals surface area contributed by atoms with Gasteiger partial charge in [0.05, 0.1) is 17.3 Å². The average molecular weight is 320 g/mol. The molecular formula is C17H16N6O. The Morgan fingerprint density at radius 3 is 3.21 bits per heavy atom. The molecule has 120 valence electrons. The number of likely N-dealkylation sites (tertiary alicyclic amines) is 1. The number of hydrogen-bond donors (Lipinski definition) is 1. The quantitative estimate of drug-likeness (QED) is 0.780. The summed E-state index contributed by atoms with van der Waals surface area (Å²) in [6, 6.07) is 5.79. The summed E-state index contributed by atoms with van der Waals surface area (Å²) in [5, 5.41) is 19.2. The Kier molecular flexibility index (Phi) is 3.58. The maximum Gasteiger partial charge on any atom is 0.236 e. The maximum absolute atomic E-state index is 12.1. The molecule has 1 saturated heterocycles. The van der Waals surface area contributed by atoms with Crippen LogP contribution in [0.2, 0.25) is 0 Å². The van der Waals surface area contributed by atoms with Gasteiger partial charge in [-0.15, -0.1) is 10.2 Å². The van der Waals surface area contributed by atoms with Crippen molar-refractivity contribution in [2.45, 2.75) is 25.2 Å². The molecule has 7 nitrogen and oxygen atoms in total. The minimum Gasteiger partial charge on any atom is -0.345 e. The number of H-pyrrole nitrogens is 1. The monoisotopic (exact) mass is 320 g/mol. The van der Waals surface area contributed by atoms with E-state index in [9.17, 15) is 4.79 Å². The number of fused-ring (bicyclic) bond motifs is 3. The Morgan fingerprint density at radius 1 is 1.42 bits per heavy atom. The highest BCUT2D eigenvalue weighted by molar-refractivity contribution is 6.04. The zero-order chi connectivity index (χ0) is 16.5. The van der Waals surface area contributed by atoms with Crippen molar-refractivity contribution in [2.75, 3.05) is 13.1 Å². The summed E-state index contributed by atoms with van der Waals surface area (Å²) < 4.78 is 0. The molecule has 24 heavy (non-hydrogen) atoms. The van der Waals surface area contributed by atoms with E-state index in [1.165, 1.54) is 0 Å². The summed E-state index contributed by atoms with van der Waals surface area (Å²) in [4.78, 5) is 21.5. The predicted octanol–water partition coefficient (Wildman–Crippen LogP) is 2.13. The fourth-order valence-electron chi connectivity index (χ4n) is 3.49. The van der Waals surface area contributed by atoms with Gasteiger partial charge in [-0.05, 0) is 25.0 Å². The van der Waals surface area contributed by atoms with Gasteiger partial charge in [0.1, 0.15) is 6.42 Å². The Morgan fingerprint density at radius 2 is 2.33 bits per heavy atom. The van der Waals surface area contributed by atoms with Crippen LogP contribution in [0.15, 0.2) is 24.5 Å². The minimum atomic E-state index is -0.103. The number of carbonyl (C=O) groups is 1. The zero-order valence-electron chi connectivity index (χ0n) is 13.1. The van der Waals surface area contributed by atoms with Crippen LogP contribution in [-0.4, -0.2) is 44.1 Å². The Hall–Kier alpha value is -3.01. The van der Waals surface area contributed by atoms with Gasteiger partial charge < -0.3 is 9.88 Å². The number of nitrogens with one attached hydrogen (secondary N) is 1. The van der Waals surface area contributed by atoms with Crippen molar-refractivity contribution in [1.82, 2.24) is 25.1 Å². The van der Waals surface area contributed by atoms with Crippen molar-refractivity contribution in [1.29, 1.82) is 5.26 Å². The van der Waals surface area contributed by atoms with E-state index in [4.69, 9.17) is 5.26 Å². The van der Waals surface area contributed by atoms with E-state index in [1.54, 1.807) is 11.1 Å². The van der Waals surface area contributed by atoms with E-state index in [1.807, 2.05) is 24.4 Å². The molecule has 1 unspecified atom stereocenters. The molecule has 1 N–H and O–H groups in total. The number of hydrogen-bond acceptors (Lipinski definition) is 5. The van der Waals surface area contributed by atoms with E-state index in [0.29, 0.717) is 13.1 Å². The van der Waals surface area contributed by atoms with Crippen LogP contribution in [0.3, 0.4) is 0 Å². The molecule has 3 aromatic rings. The lowest BCUT2D eigenvalue weighted by Crippen LogP contribution is -2.39. The van der Waals surface area contributed by atoms with Crippen LogP contribution in [0, 0.1) is 11.3 Å². The molecule has 3 aromatic heterocycles. The summed E-state index contributed by atoms with van der Waals surface area (Å²) in [6.45, 7) is 1.31. The molecule has 4 heterocycles. The van der Waals surface area contributed by atoms with Crippen molar-refractivity contribution in [3.8, 4) is 6.07 Å². The molecule has 1 aliphatic heterocycles. The van der Waals surface area contributed by atoms with Crippen LogP contribution in [0.4, 0.5) is 0 Å². The third-order valence-corrected chi connectivity index (χ3v) is 4.60. The summed E-state index contributed by atoms with van der Waals surface area (Å²) in [6.07, 6.45) is 5.41. The van der Waals surface area contributed by atoms with Crippen LogP contribution in [-0.2, 0) is 4.79 Å². The zero-order valence-corrected chi connectivity index (χ0v) is 13.1. The standard InChI is InChI=1S/C17H16N6O/c18-6-3-14(24)23-9-1-2-11(10-23)16-15-12-4-7-20-17(12)22-21-13(15)5-8-19-16/h4-5,7-8,11H,1-3,9-10H2,(H,20,22). The molecule has 1 fully saturated rings. The molecular weight excluding hydrogens is 304 g/mol. The highest BCUT2D eigenvalue weighted by atomic mass is 16.2. The van der Waals surface area contributed by atoms with E-state index >= 15 is 0 Å². The Labute approximate surface area is 138 Å². The fraction of sp³-hybridized carbons (Fsp3) is 0.353. The Balaban J connectivity index is 1.77. The smallest absolute Gasteiger partial charge is 0.236 e. The lowest BCUT2D eigenvalue weighted by atomic mass is 9.91. The van der Waals surface area contributed by atoms with E-state index < -0.39 is 0 Å². The van der Waals surface area contributed by atoms with Gasteiger partial charge in [0.2, 0.25) is 5.91 Å². The molecule has 0 radical (unpaired) electrons. The van der Waals surface area contributed by atoms with Crippen molar-refractivity contribution in [2.24, 2.45) is 0 Å². The molecule has 0 aliphatic carbocycles. The minimum absolute atomic E-state index is 0.0663. The van der Waals surface area contributed by atoms with Crippen LogP contribution in [0.25, 0.3) is 21.9 Å². The first-order chi connectivity index (χ1) is 11.8. The molecule has 0 spiro atoms. The number of aromatic amines is 1. The lowest BCUT2D eigenvalue weighted by Gasteiger charge is -2.32. The second kappa shape index (κ2) is 5.89. The van der Waals surface area contributed by atoms with E-state index in [-0.39, 0.29) is 18.2 Å².